The maximum atomic E-state index is 12.2. The Bertz CT molecular complexity index is 566. The summed E-state index contributed by atoms with van der Waals surface area (Å²) in [5, 5.41) is 2.91. The molecule has 0 radical (unpaired) electrons. The average Bonchev–Trinajstić information content (AvgIpc) is 2.48. The summed E-state index contributed by atoms with van der Waals surface area (Å²) in [6.45, 7) is 3.91. The molecule has 0 bridgehead atoms. The third-order valence-corrected chi connectivity index (χ3v) is 3.26. The molecule has 4 nitrogen and oxygen atoms in total. The highest BCUT2D eigenvalue weighted by molar-refractivity contribution is 5.83. The van der Waals surface area contributed by atoms with Gasteiger partial charge in [-0.3, -0.25) is 9.78 Å². The lowest BCUT2D eigenvalue weighted by atomic mass is 10.0. The quantitative estimate of drug-likeness (QED) is 0.894. The number of carbonyl (C=O) groups excluding carboxylic acids is 1. The Balaban J connectivity index is 2.02. The molecule has 3 N–H and O–H groups in total. The number of aromatic nitrogens is 1. The molecule has 104 valence electrons. The third kappa shape index (κ3) is 3.42. The van der Waals surface area contributed by atoms with Gasteiger partial charge in [0.15, 0.2) is 0 Å². The molecule has 0 aliphatic carbocycles. The van der Waals surface area contributed by atoms with Crippen molar-refractivity contribution >= 4 is 5.91 Å². The Morgan fingerprint density at radius 2 is 1.90 bits per heavy atom. The number of hydrogen-bond acceptors (Lipinski definition) is 3. The monoisotopic (exact) mass is 269 g/mol. The number of nitrogens with two attached hydrogens (primary N) is 1. The smallest absolute Gasteiger partial charge is 0.241 e. The second kappa shape index (κ2) is 6.30. The van der Waals surface area contributed by atoms with E-state index in [0.29, 0.717) is 0 Å². The fourth-order valence-corrected chi connectivity index (χ4v) is 1.94. The lowest BCUT2D eigenvalue weighted by Crippen LogP contribution is -2.35. The van der Waals surface area contributed by atoms with Crippen LogP contribution in [0.4, 0.5) is 0 Å². The van der Waals surface area contributed by atoms with Crippen molar-refractivity contribution in [2.24, 2.45) is 5.73 Å². The molecule has 1 aromatic carbocycles. The first kappa shape index (κ1) is 14.2. The van der Waals surface area contributed by atoms with Gasteiger partial charge < -0.3 is 11.1 Å². The zero-order chi connectivity index (χ0) is 14.5. The van der Waals surface area contributed by atoms with Gasteiger partial charge in [0.1, 0.15) is 6.04 Å². The largest absolute Gasteiger partial charge is 0.348 e. The van der Waals surface area contributed by atoms with Crippen molar-refractivity contribution in [2.45, 2.75) is 25.9 Å². The Kier molecular flexibility index (Phi) is 4.48. The first-order valence-corrected chi connectivity index (χ1v) is 6.60. The zero-order valence-electron chi connectivity index (χ0n) is 11.7. The number of carbonyl (C=O) groups is 1. The van der Waals surface area contributed by atoms with Crippen molar-refractivity contribution < 1.29 is 4.79 Å². The van der Waals surface area contributed by atoms with E-state index in [2.05, 4.69) is 10.3 Å². The number of rotatable bonds is 4. The molecule has 2 unspecified atom stereocenters. The second-order valence-corrected chi connectivity index (χ2v) is 4.90. The van der Waals surface area contributed by atoms with Gasteiger partial charge in [0.25, 0.3) is 0 Å². The molecule has 0 saturated carbocycles. The van der Waals surface area contributed by atoms with Gasteiger partial charge in [-0.1, -0.05) is 35.9 Å². The number of nitrogens with zero attached hydrogens (tertiary/aromatic N) is 1. The van der Waals surface area contributed by atoms with E-state index in [1.165, 1.54) is 0 Å². The van der Waals surface area contributed by atoms with Gasteiger partial charge in [0.05, 0.1) is 6.04 Å². The topological polar surface area (TPSA) is 68.0 Å². The number of aryl methyl sites for hydroxylation is 1. The summed E-state index contributed by atoms with van der Waals surface area (Å²) in [7, 11) is 0. The van der Waals surface area contributed by atoms with E-state index in [4.69, 9.17) is 5.73 Å². The highest BCUT2D eigenvalue weighted by Gasteiger charge is 2.18. The maximum absolute atomic E-state index is 12.2. The standard InChI is InChI=1S/C16H19N3O/c1-11-5-7-13(8-6-11)15(17)16(20)19-12(2)14-4-3-9-18-10-14/h3-10,12,15H,17H2,1-2H3,(H,19,20). The Hall–Kier alpha value is -2.20. The summed E-state index contributed by atoms with van der Waals surface area (Å²) in [5.74, 6) is -0.190. The molecular weight excluding hydrogens is 250 g/mol. The van der Waals surface area contributed by atoms with Crippen LogP contribution in [-0.2, 0) is 4.79 Å². The summed E-state index contributed by atoms with van der Waals surface area (Å²) in [5.41, 5.74) is 8.90. The van der Waals surface area contributed by atoms with Gasteiger partial charge in [0, 0.05) is 12.4 Å². The lowest BCUT2D eigenvalue weighted by Gasteiger charge is -2.18. The maximum Gasteiger partial charge on any atom is 0.241 e. The summed E-state index contributed by atoms with van der Waals surface area (Å²) in [6, 6.07) is 10.7. The van der Waals surface area contributed by atoms with Crippen LogP contribution in [-0.4, -0.2) is 10.9 Å². The van der Waals surface area contributed by atoms with E-state index >= 15 is 0 Å². The van der Waals surface area contributed by atoms with Crippen LogP contribution >= 0.6 is 0 Å². The number of pyridine rings is 1. The molecule has 20 heavy (non-hydrogen) atoms. The minimum absolute atomic E-state index is 0.118. The minimum Gasteiger partial charge on any atom is -0.348 e. The van der Waals surface area contributed by atoms with Crippen LogP contribution in [0.15, 0.2) is 48.8 Å². The first-order chi connectivity index (χ1) is 9.58. The van der Waals surface area contributed by atoms with Crippen LogP contribution in [0.1, 0.15) is 35.7 Å². The molecule has 1 amide bonds. The summed E-state index contributed by atoms with van der Waals surface area (Å²) in [4.78, 5) is 16.2. The van der Waals surface area contributed by atoms with Crippen LogP contribution < -0.4 is 11.1 Å². The summed E-state index contributed by atoms with van der Waals surface area (Å²) in [6.07, 6.45) is 3.44. The van der Waals surface area contributed by atoms with Crippen molar-refractivity contribution in [3.8, 4) is 0 Å². The van der Waals surface area contributed by atoms with Crippen molar-refractivity contribution in [2.75, 3.05) is 0 Å². The van der Waals surface area contributed by atoms with Crippen LogP contribution in [0, 0.1) is 6.92 Å². The predicted octanol–water partition coefficient (Wildman–Crippen LogP) is 2.27. The van der Waals surface area contributed by atoms with E-state index < -0.39 is 6.04 Å². The average molecular weight is 269 g/mol. The normalized spacial score (nSPS) is 13.6. The summed E-state index contributed by atoms with van der Waals surface area (Å²) < 4.78 is 0. The van der Waals surface area contributed by atoms with Gasteiger partial charge in [-0.05, 0) is 31.0 Å². The number of hydrogen-bond donors (Lipinski definition) is 2. The molecule has 1 aromatic heterocycles. The molecule has 1 heterocycles. The highest BCUT2D eigenvalue weighted by Crippen LogP contribution is 2.15. The van der Waals surface area contributed by atoms with E-state index in [0.717, 1.165) is 16.7 Å². The second-order valence-electron chi connectivity index (χ2n) is 4.90. The van der Waals surface area contributed by atoms with Crippen molar-refractivity contribution in [3.05, 3.63) is 65.5 Å². The zero-order valence-corrected chi connectivity index (χ0v) is 11.7. The van der Waals surface area contributed by atoms with Crippen LogP contribution in [0.3, 0.4) is 0 Å². The molecule has 0 fully saturated rings. The molecule has 2 rings (SSSR count). The Morgan fingerprint density at radius 3 is 2.50 bits per heavy atom. The minimum atomic E-state index is -0.658. The Labute approximate surface area is 119 Å². The van der Waals surface area contributed by atoms with E-state index in [1.54, 1.807) is 12.4 Å². The van der Waals surface area contributed by atoms with Crippen molar-refractivity contribution in [3.63, 3.8) is 0 Å². The van der Waals surface area contributed by atoms with Crippen molar-refractivity contribution in [1.82, 2.24) is 10.3 Å². The fraction of sp³-hybridized carbons (Fsp3) is 0.250. The number of amides is 1. The predicted molar refractivity (Wildman–Crippen MR) is 78.9 cm³/mol. The first-order valence-electron chi connectivity index (χ1n) is 6.60. The highest BCUT2D eigenvalue weighted by atomic mass is 16.2. The van der Waals surface area contributed by atoms with Crippen LogP contribution in [0.2, 0.25) is 0 Å². The molecule has 0 aliphatic rings. The lowest BCUT2D eigenvalue weighted by molar-refractivity contribution is -0.123. The molecule has 0 saturated heterocycles. The fourth-order valence-electron chi connectivity index (χ4n) is 1.94. The molecule has 4 heteroatoms. The van der Waals surface area contributed by atoms with Gasteiger partial charge in [-0.2, -0.15) is 0 Å². The van der Waals surface area contributed by atoms with Gasteiger partial charge >= 0.3 is 0 Å². The molecule has 0 spiro atoms. The summed E-state index contributed by atoms with van der Waals surface area (Å²) >= 11 is 0. The van der Waals surface area contributed by atoms with E-state index in [1.807, 2.05) is 50.2 Å². The van der Waals surface area contributed by atoms with Crippen LogP contribution in [0.5, 0.6) is 0 Å². The molecule has 2 aromatic rings. The van der Waals surface area contributed by atoms with E-state index in [9.17, 15) is 4.79 Å². The third-order valence-electron chi connectivity index (χ3n) is 3.26. The number of benzene rings is 1. The molecule has 2 atom stereocenters. The van der Waals surface area contributed by atoms with Gasteiger partial charge in [-0.15, -0.1) is 0 Å². The molecular formula is C16H19N3O. The Morgan fingerprint density at radius 1 is 1.20 bits per heavy atom. The van der Waals surface area contributed by atoms with Crippen LogP contribution in [0.25, 0.3) is 0 Å². The van der Waals surface area contributed by atoms with Crippen molar-refractivity contribution in [1.29, 1.82) is 0 Å². The number of nitrogens with one attached hydrogen (secondary N) is 1. The SMILES string of the molecule is Cc1ccc(C(N)C(=O)NC(C)c2cccnc2)cc1. The molecule has 0 aliphatic heterocycles. The van der Waals surface area contributed by atoms with E-state index in [-0.39, 0.29) is 11.9 Å². The van der Waals surface area contributed by atoms with Gasteiger partial charge in [0.2, 0.25) is 5.91 Å². The van der Waals surface area contributed by atoms with Gasteiger partial charge in [-0.25, -0.2) is 0 Å².